The van der Waals surface area contributed by atoms with Crippen molar-refractivity contribution in [3.05, 3.63) is 52.5 Å². The Labute approximate surface area is 97.4 Å². The molecule has 0 fully saturated rings. The SMILES string of the molecule is C=CC=C(C(=O)O)c1ccc(Cl)cc1Cl. The molecule has 0 saturated heterocycles. The van der Waals surface area contributed by atoms with E-state index >= 15 is 0 Å². The van der Waals surface area contributed by atoms with E-state index in [0.717, 1.165) is 0 Å². The quantitative estimate of drug-likeness (QED) is 0.649. The van der Waals surface area contributed by atoms with E-state index in [0.29, 0.717) is 15.6 Å². The summed E-state index contributed by atoms with van der Waals surface area (Å²) in [6.07, 6.45) is 2.78. The molecule has 1 N–H and O–H groups in total. The van der Waals surface area contributed by atoms with Crippen LogP contribution in [0.3, 0.4) is 0 Å². The van der Waals surface area contributed by atoms with Gasteiger partial charge in [-0.15, -0.1) is 0 Å². The van der Waals surface area contributed by atoms with Gasteiger partial charge in [0.15, 0.2) is 0 Å². The van der Waals surface area contributed by atoms with E-state index in [9.17, 15) is 4.79 Å². The molecule has 0 aromatic heterocycles. The summed E-state index contributed by atoms with van der Waals surface area (Å²) in [5.41, 5.74) is 0.514. The number of carboxylic acid groups (broad SMARTS) is 1. The van der Waals surface area contributed by atoms with E-state index in [1.165, 1.54) is 18.2 Å². The molecule has 0 unspecified atom stereocenters. The number of halogens is 2. The highest BCUT2D eigenvalue weighted by Crippen LogP contribution is 2.27. The summed E-state index contributed by atoms with van der Waals surface area (Å²) in [5.74, 6) is -1.06. The van der Waals surface area contributed by atoms with Crippen LogP contribution >= 0.6 is 23.2 Å². The lowest BCUT2D eigenvalue weighted by atomic mass is 10.1. The number of rotatable bonds is 3. The summed E-state index contributed by atoms with van der Waals surface area (Å²) in [4.78, 5) is 10.9. The smallest absolute Gasteiger partial charge is 0.336 e. The molecule has 0 radical (unpaired) electrons. The maximum atomic E-state index is 10.9. The van der Waals surface area contributed by atoms with Gasteiger partial charge >= 0.3 is 5.97 Å². The van der Waals surface area contributed by atoms with Crippen LogP contribution in [0.15, 0.2) is 36.9 Å². The van der Waals surface area contributed by atoms with Crippen molar-refractivity contribution in [3.8, 4) is 0 Å². The first-order chi connectivity index (χ1) is 7.06. The zero-order valence-corrected chi connectivity index (χ0v) is 9.22. The molecule has 0 saturated carbocycles. The lowest BCUT2D eigenvalue weighted by molar-refractivity contribution is -0.130. The molecule has 4 heteroatoms. The predicted molar refractivity (Wildman–Crippen MR) is 62.3 cm³/mol. The van der Waals surface area contributed by atoms with Crippen molar-refractivity contribution < 1.29 is 9.90 Å². The van der Waals surface area contributed by atoms with Gasteiger partial charge in [0.05, 0.1) is 10.6 Å². The fraction of sp³-hybridized carbons (Fsp3) is 0. The number of hydrogen-bond donors (Lipinski definition) is 1. The number of allylic oxidation sites excluding steroid dienone is 2. The molecule has 78 valence electrons. The summed E-state index contributed by atoms with van der Waals surface area (Å²) in [5, 5.41) is 9.71. The van der Waals surface area contributed by atoms with Gasteiger partial charge in [-0.25, -0.2) is 4.79 Å². The molecule has 0 spiro atoms. The van der Waals surface area contributed by atoms with Gasteiger partial charge in [-0.3, -0.25) is 0 Å². The Morgan fingerprint density at radius 2 is 2.07 bits per heavy atom. The number of carboxylic acids is 1. The molecule has 1 rings (SSSR count). The van der Waals surface area contributed by atoms with Crippen LogP contribution in [0.2, 0.25) is 10.0 Å². The molecule has 15 heavy (non-hydrogen) atoms. The normalized spacial score (nSPS) is 11.2. The maximum absolute atomic E-state index is 10.9. The van der Waals surface area contributed by atoms with Crippen molar-refractivity contribution in [1.29, 1.82) is 0 Å². The van der Waals surface area contributed by atoms with Crippen molar-refractivity contribution >= 4 is 34.7 Å². The van der Waals surface area contributed by atoms with E-state index in [4.69, 9.17) is 28.3 Å². The Bertz CT molecular complexity index is 436. The Hall–Kier alpha value is -1.25. The third-order valence-electron chi connectivity index (χ3n) is 1.74. The largest absolute Gasteiger partial charge is 0.478 e. The third kappa shape index (κ3) is 2.85. The van der Waals surface area contributed by atoms with Gasteiger partial charge in [0, 0.05) is 10.6 Å². The fourth-order valence-corrected chi connectivity index (χ4v) is 1.61. The Morgan fingerprint density at radius 1 is 1.40 bits per heavy atom. The second-order valence-corrected chi connectivity index (χ2v) is 3.59. The van der Waals surface area contributed by atoms with Gasteiger partial charge in [0.2, 0.25) is 0 Å². The van der Waals surface area contributed by atoms with E-state index < -0.39 is 5.97 Å². The van der Waals surface area contributed by atoms with Crippen molar-refractivity contribution in [1.82, 2.24) is 0 Å². The molecular formula is C11H8Cl2O2. The van der Waals surface area contributed by atoms with E-state index in [2.05, 4.69) is 6.58 Å². The summed E-state index contributed by atoms with van der Waals surface area (Å²) in [7, 11) is 0. The van der Waals surface area contributed by atoms with Crippen LogP contribution in [0.1, 0.15) is 5.56 Å². The summed E-state index contributed by atoms with van der Waals surface area (Å²) in [6.45, 7) is 3.45. The minimum absolute atomic E-state index is 0.0895. The van der Waals surface area contributed by atoms with Crippen molar-refractivity contribution in [2.45, 2.75) is 0 Å². The molecular weight excluding hydrogens is 235 g/mol. The lowest BCUT2D eigenvalue weighted by Gasteiger charge is -2.04. The standard InChI is InChI=1S/C11H8Cl2O2/c1-2-3-9(11(14)15)8-5-4-7(12)6-10(8)13/h2-6H,1H2,(H,14,15). The van der Waals surface area contributed by atoms with Crippen LogP contribution in [0, 0.1) is 0 Å². The van der Waals surface area contributed by atoms with Crippen molar-refractivity contribution in [2.75, 3.05) is 0 Å². The van der Waals surface area contributed by atoms with Crippen molar-refractivity contribution in [2.24, 2.45) is 0 Å². The highest BCUT2D eigenvalue weighted by Gasteiger charge is 2.12. The van der Waals surface area contributed by atoms with Crippen LogP contribution < -0.4 is 0 Å². The Morgan fingerprint density at radius 3 is 2.53 bits per heavy atom. The van der Waals surface area contributed by atoms with Gasteiger partial charge in [-0.05, 0) is 18.2 Å². The van der Waals surface area contributed by atoms with Crippen LogP contribution in [0.4, 0.5) is 0 Å². The molecule has 0 bridgehead atoms. The summed E-state index contributed by atoms with van der Waals surface area (Å²) >= 11 is 11.6. The second-order valence-electron chi connectivity index (χ2n) is 2.75. The van der Waals surface area contributed by atoms with Crippen LogP contribution in [0.5, 0.6) is 0 Å². The third-order valence-corrected chi connectivity index (χ3v) is 2.28. The minimum Gasteiger partial charge on any atom is -0.478 e. The van der Waals surface area contributed by atoms with E-state index in [-0.39, 0.29) is 5.57 Å². The number of benzene rings is 1. The molecule has 0 atom stereocenters. The zero-order chi connectivity index (χ0) is 11.4. The fourth-order valence-electron chi connectivity index (χ4n) is 1.10. The number of hydrogen-bond acceptors (Lipinski definition) is 1. The number of carbonyl (C=O) groups is 1. The molecule has 0 amide bonds. The average molecular weight is 243 g/mol. The first-order valence-electron chi connectivity index (χ1n) is 4.07. The van der Waals surface area contributed by atoms with E-state index in [1.54, 1.807) is 12.1 Å². The van der Waals surface area contributed by atoms with E-state index in [1.807, 2.05) is 0 Å². The average Bonchev–Trinajstić information content (AvgIpc) is 2.15. The highest BCUT2D eigenvalue weighted by atomic mass is 35.5. The molecule has 2 nitrogen and oxygen atoms in total. The summed E-state index contributed by atoms with van der Waals surface area (Å²) in [6, 6.07) is 4.65. The van der Waals surface area contributed by atoms with Crippen molar-refractivity contribution in [3.63, 3.8) is 0 Å². The molecule has 0 aliphatic carbocycles. The van der Waals surface area contributed by atoms with Gasteiger partial charge in [-0.1, -0.05) is 41.9 Å². The van der Waals surface area contributed by atoms with Crippen LogP contribution in [-0.2, 0) is 4.79 Å². The minimum atomic E-state index is -1.06. The van der Waals surface area contributed by atoms with Gasteiger partial charge in [0.1, 0.15) is 0 Å². The topological polar surface area (TPSA) is 37.3 Å². The van der Waals surface area contributed by atoms with Gasteiger partial charge in [-0.2, -0.15) is 0 Å². The maximum Gasteiger partial charge on any atom is 0.336 e. The first kappa shape index (κ1) is 11.8. The highest BCUT2D eigenvalue weighted by molar-refractivity contribution is 6.37. The Balaban J connectivity index is 3.30. The molecule has 0 aliphatic rings. The van der Waals surface area contributed by atoms with Crippen LogP contribution in [-0.4, -0.2) is 11.1 Å². The Kier molecular flexibility index (Phi) is 3.95. The summed E-state index contributed by atoms with van der Waals surface area (Å²) < 4.78 is 0. The lowest BCUT2D eigenvalue weighted by Crippen LogP contribution is -1.99. The second kappa shape index (κ2) is 5.01. The molecule has 1 aromatic rings. The van der Waals surface area contributed by atoms with Crippen LogP contribution in [0.25, 0.3) is 5.57 Å². The van der Waals surface area contributed by atoms with Gasteiger partial charge < -0.3 is 5.11 Å². The zero-order valence-electron chi connectivity index (χ0n) is 7.71. The number of aliphatic carboxylic acids is 1. The molecule has 1 aromatic carbocycles. The molecule has 0 aliphatic heterocycles. The monoisotopic (exact) mass is 242 g/mol. The predicted octanol–water partition coefficient (Wildman–Crippen LogP) is 3.65. The molecule has 0 heterocycles. The van der Waals surface area contributed by atoms with Gasteiger partial charge in [0.25, 0.3) is 0 Å². The first-order valence-corrected chi connectivity index (χ1v) is 4.83.